The molecule has 0 aromatic rings. The van der Waals surface area contributed by atoms with Crippen LogP contribution < -0.4 is 5.73 Å². The van der Waals surface area contributed by atoms with Crippen LogP contribution in [-0.4, -0.2) is 19.1 Å². The number of esters is 1. The lowest BCUT2D eigenvalue weighted by Gasteiger charge is -2.22. The average Bonchev–Trinajstić information content (AvgIpc) is 2.12. The van der Waals surface area contributed by atoms with Crippen molar-refractivity contribution in [2.45, 2.75) is 33.2 Å². The number of carbonyl (C=O) groups is 1. The van der Waals surface area contributed by atoms with Crippen LogP contribution in [0.15, 0.2) is 0 Å². The average molecular weight is 173 g/mol. The Bertz CT molecular complexity index is 147. The Balaban J connectivity index is 4.08. The van der Waals surface area contributed by atoms with E-state index < -0.39 is 6.04 Å². The van der Waals surface area contributed by atoms with Gasteiger partial charge in [-0.15, -0.1) is 0 Å². The standard InChI is InChI=1S/C9H19NO2/c1-5-6(2)7(3)8(10)9(11)12-4/h6-8H,5,10H2,1-4H3. The number of carbonyl (C=O) groups excluding carboxylic acids is 1. The predicted molar refractivity (Wildman–Crippen MR) is 48.6 cm³/mol. The molecule has 0 saturated carbocycles. The molecule has 0 fully saturated rings. The molecule has 3 nitrogen and oxygen atoms in total. The van der Waals surface area contributed by atoms with Crippen LogP contribution in [0, 0.1) is 11.8 Å². The van der Waals surface area contributed by atoms with Crippen molar-refractivity contribution in [3.63, 3.8) is 0 Å². The molecular formula is C9H19NO2. The van der Waals surface area contributed by atoms with E-state index in [4.69, 9.17) is 5.73 Å². The summed E-state index contributed by atoms with van der Waals surface area (Å²) in [7, 11) is 1.37. The Hall–Kier alpha value is -0.570. The highest BCUT2D eigenvalue weighted by Crippen LogP contribution is 2.17. The minimum Gasteiger partial charge on any atom is -0.468 e. The molecule has 3 atom stereocenters. The summed E-state index contributed by atoms with van der Waals surface area (Å²) in [4.78, 5) is 11.0. The number of hydrogen-bond donors (Lipinski definition) is 1. The van der Waals surface area contributed by atoms with Crippen LogP contribution in [0.3, 0.4) is 0 Å². The van der Waals surface area contributed by atoms with Gasteiger partial charge in [-0.3, -0.25) is 4.79 Å². The third kappa shape index (κ3) is 2.81. The molecule has 0 bridgehead atoms. The molecule has 3 unspecified atom stereocenters. The van der Waals surface area contributed by atoms with E-state index in [1.165, 1.54) is 7.11 Å². The molecule has 0 aliphatic rings. The Morgan fingerprint density at radius 3 is 2.33 bits per heavy atom. The van der Waals surface area contributed by atoms with E-state index in [1.54, 1.807) is 0 Å². The minimum absolute atomic E-state index is 0.183. The fraction of sp³-hybridized carbons (Fsp3) is 0.889. The smallest absolute Gasteiger partial charge is 0.322 e. The first-order valence-electron chi connectivity index (χ1n) is 4.38. The van der Waals surface area contributed by atoms with Crippen LogP contribution in [0.25, 0.3) is 0 Å². The van der Waals surface area contributed by atoms with Gasteiger partial charge in [-0.2, -0.15) is 0 Å². The first-order chi connectivity index (χ1) is 5.54. The Morgan fingerprint density at radius 1 is 1.50 bits per heavy atom. The van der Waals surface area contributed by atoms with Crippen molar-refractivity contribution < 1.29 is 9.53 Å². The van der Waals surface area contributed by atoms with Crippen LogP contribution in [0.1, 0.15) is 27.2 Å². The van der Waals surface area contributed by atoms with Gasteiger partial charge in [-0.25, -0.2) is 0 Å². The lowest BCUT2D eigenvalue weighted by Crippen LogP contribution is -2.40. The van der Waals surface area contributed by atoms with Crippen LogP contribution in [0.2, 0.25) is 0 Å². The van der Waals surface area contributed by atoms with Gasteiger partial charge in [0.05, 0.1) is 7.11 Å². The van der Waals surface area contributed by atoms with E-state index in [2.05, 4.69) is 18.6 Å². The SMILES string of the molecule is CCC(C)C(C)C(N)C(=O)OC. The normalized spacial score (nSPS) is 18.1. The van der Waals surface area contributed by atoms with Crippen molar-refractivity contribution in [3.05, 3.63) is 0 Å². The largest absolute Gasteiger partial charge is 0.468 e. The van der Waals surface area contributed by atoms with Crippen LogP contribution in [0.5, 0.6) is 0 Å². The molecule has 0 aliphatic heterocycles. The molecule has 0 aromatic heterocycles. The van der Waals surface area contributed by atoms with Gasteiger partial charge in [0.1, 0.15) is 6.04 Å². The summed E-state index contributed by atoms with van der Waals surface area (Å²) < 4.78 is 4.56. The molecule has 0 saturated heterocycles. The van der Waals surface area contributed by atoms with Crippen molar-refractivity contribution in [1.29, 1.82) is 0 Å². The fourth-order valence-corrected chi connectivity index (χ4v) is 1.08. The maximum Gasteiger partial charge on any atom is 0.322 e. The third-order valence-electron chi connectivity index (χ3n) is 2.58. The second-order valence-corrected chi connectivity index (χ2v) is 3.29. The van der Waals surface area contributed by atoms with Gasteiger partial charge in [0.15, 0.2) is 0 Å². The molecule has 0 spiro atoms. The second-order valence-electron chi connectivity index (χ2n) is 3.29. The molecule has 0 radical (unpaired) electrons. The van der Waals surface area contributed by atoms with Gasteiger partial charge in [0.2, 0.25) is 0 Å². The Kier molecular flexibility index (Phi) is 4.90. The first-order valence-corrected chi connectivity index (χ1v) is 4.38. The third-order valence-corrected chi connectivity index (χ3v) is 2.58. The highest BCUT2D eigenvalue weighted by molar-refractivity contribution is 5.75. The highest BCUT2D eigenvalue weighted by Gasteiger charge is 2.24. The highest BCUT2D eigenvalue weighted by atomic mass is 16.5. The molecule has 12 heavy (non-hydrogen) atoms. The van der Waals surface area contributed by atoms with Gasteiger partial charge in [0.25, 0.3) is 0 Å². The summed E-state index contributed by atoms with van der Waals surface area (Å²) in [6.45, 7) is 6.16. The zero-order valence-electron chi connectivity index (χ0n) is 8.33. The summed E-state index contributed by atoms with van der Waals surface area (Å²) in [6, 6.07) is -0.482. The van der Waals surface area contributed by atoms with E-state index in [-0.39, 0.29) is 11.9 Å². The maximum atomic E-state index is 11.0. The molecule has 0 aromatic carbocycles. The Morgan fingerprint density at radius 2 is 2.00 bits per heavy atom. The zero-order chi connectivity index (χ0) is 9.72. The summed E-state index contributed by atoms with van der Waals surface area (Å²) in [6.07, 6.45) is 1.03. The van der Waals surface area contributed by atoms with Crippen LogP contribution in [0.4, 0.5) is 0 Å². The second kappa shape index (κ2) is 5.14. The van der Waals surface area contributed by atoms with E-state index in [0.717, 1.165) is 6.42 Å². The maximum absolute atomic E-state index is 11.0. The van der Waals surface area contributed by atoms with Crippen LogP contribution in [-0.2, 0) is 9.53 Å². The first kappa shape index (κ1) is 11.4. The fourth-order valence-electron chi connectivity index (χ4n) is 1.08. The van der Waals surface area contributed by atoms with Gasteiger partial charge in [0, 0.05) is 0 Å². The molecule has 0 amide bonds. The van der Waals surface area contributed by atoms with E-state index in [9.17, 15) is 4.79 Å². The summed E-state index contributed by atoms with van der Waals surface area (Å²) in [5.74, 6) is 0.323. The monoisotopic (exact) mass is 173 g/mol. The van der Waals surface area contributed by atoms with Crippen molar-refractivity contribution in [3.8, 4) is 0 Å². The summed E-state index contributed by atoms with van der Waals surface area (Å²) in [5.41, 5.74) is 5.67. The lowest BCUT2D eigenvalue weighted by atomic mass is 9.88. The molecule has 72 valence electrons. The quantitative estimate of drug-likeness (QED) is 0.649. The van der Waals surface area contributed by atoms with Crippen molar-refractivity contribution >= 4 is 5.97 Å². The van der Waals surface area contributed by atoms with Crippen LogP contribution >= 0.6 is 0 Å². The number of rotatable bonds is 4. The Labute approximate surface area is 74.3 Å². The zero-order valence-corrected chi connectivity index (χ0v) is 8.33. The lowest BCUT2D eigenvalue weighted by molar-refractivity contribution is -0.143. The minimum atomic E-state index is -0.482. The van der Waals surface area contributed by atoms with Gasteiger partial charge < -0.3 is 10.5 Å². The molecule has 0 heterocycles. The predicted octanol–water partition coefficient (Wildman–Crippen LogP) is 1.17. The number of nitrogens with two attached hydrogens (primary N) is 1. The van der Waals surface area contributed by atoms with E-state index in [1.807, 2.05) is 6.92 Å². The number of methoxy groups -OCH3 is 1. The topological polar surface area (TPSA) is 52.3 Å². The van der Waals surface area contributed by atoms with Crippen molar-refractivity contribution in [1.82, 2.24) is 0 Å². The molecule has 2 N–H and O–H groups in total. The molecular weight excluding hydrogens is 154 g/mol. The summed E-state index contributed by atoms with van der Waals surface area (Å²) >= 11 is 0. The van der Waals surface area contributed by atoms with Gasteiger partial charge >= 0.3 is 5.97 Å². The van der Waals surface area contributed by atoms with Crippen molar-refractivity contribution in [2.24, 2.45) is 17.6 Å². The van der Waals surface area contributed by atoms with E-state index in [0.29, 0.717) is 5.92 Å². The van der Waals surface area contributed by atoms with E-state index >= 15 is 0 Å². The summed E-state index contributed by atoms with van der Waals surface area (Å²) in [5, 5.41) is 0. The molecule has 3 heteroatoms. The molecule has 0 rings (SSSR count). The molecule has 0 aliphatic carbocycles. The van der Waals surface area contributed by atoms with Crippen molar-refractivity contribution in [2.75, 3.05) is 7.11 Å². The van der Waals surface area contributed by atoms with Gasteiger partial charge in [-0.05, 0) is 11.8 Å². The number of hydrogen-bond acceptors (Lipinski definition) is 3. The number of ether oxygens (including phenoxy) is 1. The van der Waals surface area contributed by atoms with Gasteiger partial charge in [-0.1, -0.05) is 27.2 Å².